The highest BCUT2D eigenvalue weighted by Crippen LogP contribution is 2.52. The molecule has 8 aromatic heterocycles. The van der Waals surface area contributed by atoms with Crippen molar-refractivity contribution >= 4 is 126 Å². The van der Waals surface area contributed by atoms with Gasteiger partial charge in [-0.15, -0.1) is 90.7 Å². The molecule has 0 bridgehead atoms. The average molecular weight is 1160 g/mol. The highest BCUT2D eigenvalue weighted by atomic mass is 32.1. The Morgan fingerprint density at radius 1 is 0.368 bits per heavy atom. The predicted molar refractivity (Wildman–Crippen MR) is 324 cm³/mol. The van der Waals surface area contributed by atoms with Gasteiger partial charge in [0.2, 0.25) is 0 Å². The van der Waals surface area contributed by atoms with Crippen LogP contribution in [-0.4, -0.2) is 45.0 Å². The van der Waals surface area contributed by atoms with Gasteiger partial charge in [0, 0.05) is 68.3 Å². The van der Waals surface area contributed by atoms with E-state index in [9.17, 15) is 9.59 Å². The Kier molecular flexibility index (Phi) is 16.3. The number of hydrogen-bond donors (Lipinski definition) is 0. The van der Waals surface area contributed by atoms with E-state index in [1.807, 2.05) is 46.9 Å². The Hall–Kier alpha value is -5.04. The normalized spacial score (nSPS) is 14.1. The van der Waals surface area contributed by atoms with E-state index >= 15 is 9.59 Å². The van der Waals surface area contributed by atoms with Crippen molar-refractivity contribution < 1.29 is 28.7 Å². The van der Waals surface area contributed by atoms with E-state index in [1.54, 1.807) is 86.9 Å². The Morgan fingerprint density at radius 2 is 0.618 bits per heavy atom. The van der Waals surface area contributed by atoms with Crippen LogP contribution in [0.15, 0.2) is 108 Å². The lowest BCUT2D eigenvalue weighted by atomic mass is 10.1. The van der Waals surface area contributed by atoms with Gasteiger partial charge in [0.1, 0.15) is 11.2 Å². The molecule has 0 aliphatic carbocycles. The SMILES string of the molecule is CCCCCCc1ccc(-c2ccc(-c3ccc(-c4ccc(C5=C6C(=O)N(C(=O)OC(C)(C)C)C(c7ccc(-c8ccc(-c9ccc(-c%10ccc(CCCCCC)s%10)s9)s8)s7)=C6C(=O)N5C(=O)OC(C)(C)C)s4)s3)s2)s1. The molecular weight excluding hydrogens is 1100 g/mol. The van der Waals surface area contributed by atoms with Crippen molar-refractivity contribution in [3.05, 3.63) is 128 Å². The number of amides is 4. The minimum atomic E-state index is -0.960. The lowest BCUT2D eigenvalue weighted by molar-refractivity contribution is -0.123. The van der Waals surface area contributed by atoms with E-state index in [0.29, 0.717) is 9.75 Å². The quantitative estimate of drug-likeness (QED) is 0.0795. The smallest absolute Gasteiger partial charge is 0.422 e. The third-order valence-electron chi connectivity index (χ3n) is 12.6. The first kappa shape index (κ1) is 54.3. The molecule has 394 valence electrons. The molecule has 0 fully saturated rings. The Balaban J connectivity index is 0.968. The van der Waals surface area contributed by atoms with Crippen molar-refractivity contribution in [1.82, 2.24) is 9.80 Å². The van der Waals surface area contributed by atoms with Crippen LogP contribution in [0.25, 0.3) is 69.9 Å². The predicted octanol–water partition coefficient (Wildman–Crippen LogP) is 20.1. The summed E-state index contributed by atoms with van der Waals surface area (Å²) in [6.07, 6.45) is 10.4. The number of imide groups is 2. The molecule has 8 aromatic rings. The first-order chi connectivity index (χ1) is 36.5. The zero-order valence-corrected chi connectivity index (χ0v) is 50.5. The first-order valence-corrected chi connectivity index (χ1v) is 32.4. The van der Waals surface area contributed by atoms with Crippen LogP contribution in [0.5, 0.6) is 0 Å². The van der Waals surface area contributed by atoms with Gasteiger partial charge in [-0.2, -0.15) is 0 Å². The van der Waals surface area contributed by atoms with Crippen LogP contribution >= 0.6 is 90.7 Å². The van der Waals surface area contributed by atoms with Gasteiger partial charge in [-0.25, -0.2) is 19.4 Å². The maximum absolute atomic E-state index is 15.1. The van der Waals surface area contributed by atoms with E-state index in [1.165, 1.54) is 113 Å². The van der Waals surface area contributed by atoms with Crippen molar-refractivity contribution in [3.8, 4) is 58.5 Å². The maximum atomic E-state index is 15.1. The third-order valence-corrected chi connectivity index (χ3v) is 22.6. The Bertz CT molecular complexity index is 3280. The summed E-state index contributed by atoms with van der Waals surface area (Å²) in [5, 5.41) is 0. The lowest BCUT2D eigenvalue weighted by Crippen LogP contribution is -2.40. The molecule has 10 heterocycles. The minimum absolute atomic E-state index is 0.0444. The highest BCUT2D eigenvalue weighted by Gasteiger charge is 2.54. The summed E-state index contributed by atoms with van der Waals surface area (Å²) < 4.78 is 11.8. The summed E-state index contributed by atoms with van der Waals surface area (Å²) in [4.78, 5) is 78.2. The van der Waals surface area contributed by atoms with Gasteiger partial charge >= 0.3 is 12.2 Å². The zero-order valence-electron chi connectivity index (χ0n) is 43.9. The molecule has 0 saturated heterocycles. The van der Waals surface area contributed by atoms with Crippen molar-refractivity contribution in [2.45, 2.75) is 131 Å². The number of unbranched alkanes of at least 4 members (excludes halogenated alkanes) is 6. The summed E-state index contributed by atoms with van der Waals surface area (Å²) in [6, 6.07) is 33.8. The summed E-state index contributed by atoms with van der Waals surface area (Å²) in [6.45, 7) is 14.9. The third kappa shape index (κ3) is 11.7. The standard InChI is InChI=1S/C60H60N2O6S8/c1-9-11-13-15-17-35-19-21-37(69-35)39-23-25-41(71-39)43-27-29-45(73-43)47-31-33-49(75-47)53-51-52(56(64)61(53)57(65)67-59(3,4)5)54(62(55(51)63)58(66)68-60(6,7)8)50-34-32-48(76-50)46-30-28-44(74-46)42-26-24-40(72-42)38-22-20-36(70-38)18-16-14-12-10-2/h19-34H,9-18H2,1-8H3. The minimum Gasteiger partial charge on any atom is -0.443 e. The summed E-state index contributed by atoms with van der Waals surface area (Å²) in [5.41, 5.74) is -1.84. The largest absolute Gasteiger partial charge is 0.443 e. The highest BCUT2D eigenvalue weighted by molar-refractivity contribution is 7.29. The molecule has 0 aromatic carbocycles. The van der Waals surface area contributed by atoms with Gasteiger partial charge in [-0.3, -0.25) is 9.59 Å². The molecule has 0 spiro atoms. The molecule has 0 radical (unpaired) electrons. The lowest BCUT2D eigenvalue weighted by Gasteiger charge is -2.27. The molecule has 8 nitrogen and oxygen atoms in total. The number of ether oxygens (including phenoxy) is 2. The molecule has 4 amide bonds. The number of thiophene rings is 8. The van der Waals surface area contributed by atoms with Crippen LogP contribution in [0.2, 0.25) is 0 Å². The van der Waals surface area contributed by atoms with Gasteiger partial charge in [0.15, 0.2) is 0 Å². The van der Waals surface area contributed by atoms with Gasteiger partial charge in [-0.05, 0) is 164 Å². The average Bonchev–Trinajstić information content (AvgIpc) is 4.31. The number of carbonyl (C=O) groups excluding carboxylic acids is 4. The number of carbonyl (C=O) groups is 4. The molecule has 2 aliphatic heterocycles. The fourth-order valence-electron chi connectivity index (χ4n) is 9.08. The van der Waals surface area contributed by atoms with Gasteiger partial charge in [0.25, 0.3) is 11.8 Å². The fourth-order valence-corrected chi connectivity index (χ4v) is 17.8. The van der Waals surface area contributed by atoms with Gasteiger partial charge < -0.3 is 9.47 Å². The second-order valence-corrected chi connectivity index (χ2v) is 29.7. The van der Waals surface area contributed by atoms with Gasteiger partial charge in [0.05, 0.1) is 32.3 Å². The number of nitrogens with zero attached hydrogens (tertiary/aromatic N) is 2. The number of aryl methyl sites for hydroxylation is 2. The number of rotatable bonds is 18. The number of fused-ring (bicyclic) bond motifs is 1. The summed E-state index contributed by atoms with van der Waals surface area (Å²) in [7, 11) is 0. The summed E-state index contributed by atoms with van der Waals surface area (Å²) in [5.74, 6) is -1.50. The van der Waals surface area contributed by atoms with Crippen LogP contribution < -0.4 is 0 Å². The van der Waals surface area contributed by atoms with E-state index < -0.39 is 35.2 Å². The molecule has 0 saturated carbocycles. The molecule has 16 heteroatoms. The van der Waals surface area contributed by atoms with E-state index in [-0.39, 0.29) is 22.5 Å². The van der Waals surface area contributed by atoms with Crippen LogP contribution in [0.1, 0.15) is 126 Å². The molecule has 2 aliphatic rings. The van der Waals surface area contributed by atoms with Crippen molar-refractivity contribution in [1.29, 1.82) is 0 Å². The van der Waals surface area contributed by atoms with E-state index in [0.717, 1.165) is 51.9 Å². The van der Waals surface area contributed by atoms with E-state index in [4.69, 9.17) is 9.47 Å². The Morgan fingerprint density at radius 3 is 0.895 bits per heavy atom. The molecular formula is C60H60N2O6S8. The van der Waals surface area contributed by atoms with Crippen molar-refractivity contribution in [3.63, 3.8) is 0 Å². The van der Waals surface area contributed by atoms with Crippen LogP contribution in [0, 0.1) is 0 Å². The number of hydrogen-bond acceptors (Lipinski definition) is 14. The molecule has 0 atom stereocenters. The molecule has 10 rings (SSSR count). The second-order valence-electron chi connectivity index (χ2n) is 20.8. The zero-order chi connectivity index (χ0) is 53.5. The van der Waals surface area contributed by atoms with Crippen LogP contribution in [0.4, 0.5) is 9.59 Å². The molecule has 76 heavy (non-hydrogen) atoms. The second kappa shape index (κ2) is 22.7. The van der Waals surface area contributed by atoms with Crippen LogP contribution in [0.3, 0.4) is 0 Å². The maximum Gasteiger partial charge on any atom is 0.422 e. The first-order valence-electron chi connectivity index (χ1n) is 25.9. The van der Waals surface area contributed by atoms with Crippen LogP contribution in [-0.2, 0) is 31.9 Å². The molecule has 0 N–H and O–H groups in total. The fraction of sp³-hybridized carbons (Fsp3) is 0.333. The topological polar surface area (TPSA) is 93.2 Å². The van der Waals surface area contributed by atoms with Crippen molar-refractivity contribution in [2.24, 2.45) is 0 Å². The Labute approximate surface area is 477 Å². The summed E-state index contributed by atoms with van der Waals surface area (Å²) >= 11 is 13.4. The monoisotopic (exact) mass is 1160 g/mol. The van der Waals surface area contributed by atoms with Gasteiger partial charge in [-0.1, -0.05) is 52.4 Å². The molecule has 0 unspecified atom stereocenters. The van der Waals surface area contributed by atoms with E-state index in [2.05, 4.69) is 86.6 Å². The van der Waals surface area contributed by atoms with Crippen molar-refractivity contribution in [2.75, 3.05) is 0 Å².